The first kappa shape index (κ1) is 14.9. The number of nitrogens with two attached hydrogens (primary N) is 1. The molecule has 5 heteroatoms. The van der Waals surface area contributed by atoms with Crippen LogP contribution >= 0.6 is 23.2 Å². The zero-order valence-electron chi connectivity index (χ0n) is 10.6. The molecule has 3 nitrogen and oxygen atoms in total. The van der Waals surface area contributed by atoms with E-state index in [4.69, 9.17) is 28.9 Å². The fourth-order valence-corrected chi connectivity index (χ4v) is 2.12. The zero-order chi connectivity index (χ0) is 14.5. The minimum absolute atomic E-state index is 0.294. The largest absolute Gasteiger partial charge is 0.323 e. The van der Waals surface area contributed by atoms with Gasteiger partial charge in [-0.2, -0.15) is 0 Å². The van der Waals surface area contributed by atoms with Gasteiger partial charge in [0.2, 0.25) is 5.91 Å². The van der Waals surface area contributed by atoms with E-state index in [-0.39, 0.29) is 5.91 Å². The van der Waals surface area contributed by atoms with E-state index in [1.807, 2.05) is 30.3 Å². The number of benzene rings is 2. The molecule has 0 aliphatic carbocycles. The van der Waals surface area contributed by atoms with Gasteiger partial charge in [-0.1, -0.05) is 53.5 Å². The van der Waals surface area contributed by atoms with E-state index in [1.54, 1.807) is 18.2 Å². The van der Waals surface area contributed by atoms with Crippen LogP contribution in [-0.4, -0.2) is 11.9 Å². The smallest absolute Gasteiger partial charge is 0.241 e. The number of halogens is 2. The molecule has 1 amide bonds. The van der Waals surface area contributed by atoms with Crippen LogP contribution in [0.4, 0.5) is 5.69 Å². The lowest BCUT2D eigenvalue weighted by Gasteiger charge is -2.13. The molecule has 1 atom stereocenters. The summed E-state index contributed by atoms with van der Waals surface area (Å²) in [5.74, 6) is -0.294. The average molecular weight is 309 g/mol. The highest BCUT2D eigenvalue weighted by atomic mass is 35.5. The van der Waals surface area contributed by atoms with Gasteiger partial charge in [-0.15, -0.1) is 0 Å². The molecule has 2 aromatic carbocycles. The number of hydrogen-bond acceptors (Lipinski definition) is 2. The minimum Gasteiger partial charge on any atom is -0.323 e. The van der Waals surface area contributed by atoms with Gasteiger partial charge in [-0.25, -0.2) is 0 Å². The first-order valence-corrected chi connectivity index (χ1v) is 6.87. The van der Waals surface area contributed by atoms with Crippen molar-refractivity contribution in [3.63, 3.8) is 0 Å². The maximum Gasteiger partial charge on any atom is 0.241 e. The second kappa shape index (κ2) is 6.75. The fraction of sp³-hybridized carbons (Fsp3) is 0.133. The Morgan fingerprint density at radius 2 is 1.85 bits per heavy atom. The summed E-state index contributed by atoms with van der Waals surface area (Å²) in [5.41, 5.74) is 7.37. The molecule has 20 heavy (non-hydrogen) atoms. The normalized spacial score (nSPS) is 11.9. The molecule has 0 saturated carbocycles. The van der Waals surface area contributed by atoms with Gasteiger partial charge in [-0.3, -0.25) is 4.79 Å². The van der Waals surface area contributed by atoms with E-state index in [1.165, 1.54) is 0 Å². The molecule has 2 rings (SSSR count). The van der Waals surface area contributed by atoms with E-state index in [9.17, 15) is 4.79 Å². The maximum atomic E-state index is 12.0. The van der Waals surface area contributed by atoms with Crippen molar-refractivity contribution in [1.82, 2.24) is 0 Å². The van der Waals surface area contributed by atoms with Crippen molar-refractivity contribution in [1.29, 1.82) is 0 Å². The van der Waals surface area contributed by atoms with Crippen LogP contribution in [0, 0.1) is 0 Å². The third-order valence-electron chi connectivity index (χ3n) is 2.82. The molecule has 0 fully saturated rings. The van der Waals surface area contributed by atoms with Gasteiger partial charge in [0.25, 0.3) is 0 Å². The Bertz CT molecular complexity index is 602. The maximum absolute atomic E-state index is 12.0. The van der Waals surface area contributed by atoms with Gasteiger partial charge in [-0.05, 0) is 30.2 Å². The van der Waals surface area contributed by atoms with Crippen LogP contribution < -0.4 is 11.1 Å². The topological polar surface area (TPSA) is 55.1 Å². The molecule has 0 aliphatic rings. The number of carbonyl (C=O) groups excluding carboxylic acids is 1. The number of carbonyl (C=O) groups is 1. The van der Waals surface area contributed by atoms with Crippen molar-refractivity contribution in [3.8, 4) is 0 Å². The van der Waals surface area contributed by atoms with Gasteiger partial charge in [0, 0.05) is 5.02 Å². The third kappa shape index (κ3) is 3.97. The van der Waals surface area contributed by atoms with Crippen molar-refractivity contribution in [2.75, 3.05) is 5.32 Å². The van der Waals surface area contributed by atoms with Crippen molar-refractivity contribution in [2.45, 2.75) is 12.5 Å². The molecule has 3 N–H and O–H groups in total. The van der Waals surface area contributed by atoms with Gasteiger partial charge >= 0.3 is 0 Å². The minimum atomic E-state index is -0.646. The summed E-state index contributed by atoms with van der Waals surface area (Å²) >= 11 is 11.9. The lowest BCUT2D eigenvalue weighted by atomic mass is 10.1. The van der Waals surface area contributed by atoms with Crippen molar-refractivity contribution in [3.05, 3.63) is 64.1 Å². The highest BCUT2D eigenvalue weighted by Crippen LogP contribution is 2.25. The third-order valence-corrected chi connectivity index (χ3v) is 3.39. The molecular weight excluding hydrogens is 295 g/mol. The lowest BCUT2D eigenvalue weighted by molar-refractivity contribution is -0.117. The molecule has 0 aliphatic heterocycles. The van der Waals surface area contributed by atoms with Crippen molar-refractivity contribution in [2.24, 2.45) is 5.73 Å². The average Bonchev–Trinajstić information content (AvgIpc) is 2.44. The first-order chi connectivity index (χ1) is 9.56. The van der Waals surface area contributed by atoms with Crippen LogP contribution in [0.3, 0.4) is 0 Å². The number of amides is 1. The fourth-order valence-electron chi connectivity index (χ4n) is 1.78. The summed E-state index contributed by atoms with van der Waals surface area (Å²) in [6.45, 7) is 0. The van der Waals surface area contributed by atoms with E-state index in [0.29, 0.717) is 22.2 Å². The first-order valence-electron chi connectivity index (χ1n) is 6.11. The predicted octanol–water partition coefficient (Wildman–Crippen LogP) is 3.50. The van der Waals surface area contributed by atoms with Crippen molar-refractivity contribution >= 4 is 34.8 Å². The van der Waals surface area contributed by atoms with Gasteiger partial charge in [0.15, 0.2) is 0 Å². The van der Waals surface area contributed by atoms with E-state index < -0.39 is 6.04 Å². The summed E-state index contributed by atoms with van der Waals surface area (Å²) in [7, 11) is 0. The molecule has 0 heterocycles. The Labute approximate surface area is 127 Å². The number of rotatable bonds is 4. The molecule has 0 aromatic heterocycles. The summed E-state index contributed by atoms with van der Waals surface area (Å²) < 4.78 is 0. The Kier molecular flexibility index (Phi) is 5.01. The Hall–Kier alpha value is -1.55. The molecule has 104 valence electrons. The highest BCUT2D eigenvalue weighted by molar-refractivity contribution is 6.35. The summed E-state index contributed by atoms with van der Waals surface area (Å²) in [6, 6.07) is 13.8. The van der Waals surface area contributed by atoms with Crippen LogP contribution in [0.15, 0.2) is 48.5 Å². The Balaban J connectivity index is 2.02. The number of hydrogen-bond donors (Lipinski definition) is 2. The molecule has 0 saturated heterocycles. The Morgan fingerprint density at radius 1 is 1.15 bits per heavy atom. The monoisotopic (exact) mass is 308 g/mol. The molecule has 0 bridgehead atoms. The van der Waals surface area contributed by atoms with Crippen LogP contribution in [0.25, 0.3) is 0 Å². The summed E-state index contributed by atoms with van der Waals surface area (Å²) in [6.07, 6.45) is 0.463. The second-order valence-electron chi connectivity index (χ2n) is 4.41. The number of nitrogens with one attached hydrogen (secondary N) is 1. The highest BCUT2D eigenvalue weighted by Gasteiger charge is 2.15. The quantitative estimate of drug-likeness (QED) is 0.908. The SMILES string of the molecule is NC(Cc1ccccc1)C(=O)Nc1cc(Cl)ccc1Cl. The standard InChI is InChI=1S/C15H14Cl2N2O/c16-11-6-7-12(17)14(9-11)19-15(20)13(18)8-10-4-2-1-3-5-10/h1-7,9,13H,8,18H2,(H,19,20). The van der Waals surface area contributed by atoms with E-state index in [2.05, 4.69) is 5.32 Å². The van der Waals surface area contributed by atoms with Crippen LogP contribution in [0.1, 0.15) is 5.56 Å². The van der Waals surface area contributed by atoms with Crippen LogP contribution in [0.5, 0.6) is 0 Å². The molecule has 2 aromatic rings. The van der Waals surface area contributed by atoms with Crippen LogP contribution in [0.2, 0.25) is 10.0 Å². The predicted molar refractivity (Wildman–Crippen MR) is 83.2 cm³/mol. The molecular formula is C15H14Cl2N2O. The second-order valence-corrected chi connectivity index (χ2v) is 5.25. The van der Waals surface area contributed by atoms with Crippen LogP contribution in [-0.2, 0) is 11.2 Å². The van der Waals surface area contributed by atoms with Gasteiger partial charge < -0.3 is 11.1 Å². The van der Waals surface area contributed by atoms with E-state index >= 15 is 0 Å². The molecule has 0 radical (unpaired) electrons. The Morgan fingerprint density at radius 3 is 2.55 bits per heavy atom. The van der Waals surface area contributed by atoms with Crippen molar-refractivity contribution < 1.29 is 4.79 Å². The van der Waals surface area contributed by atoms with Gasteiger partial charge in [0.05, 0.1) is 16.8 Å². The molecule has 0 spiro atoms. The number of anilines is 1. The molecule has 1 unspecified atom stereocenters. The zero-order valence-corrected chi connectivity index (χ0v) is 12.2. The lowest BCUT2D eigenvalue weighted by Crippen LogP contribution is -2.37. The summed E-state index contributed by atoms with van der Waals surface area (Å²) in [4.78, 5) is 12.0. The summed E-state index contributed by atoms with van der Waals surface area (Å²) in [5, 5.41) is 3.62. The van der Waals surface area contributed by atoms with E-state index in [0.717, 1.165) is 5.56 Å². The van der Waals surface area contributed by atoms with Gasteiger partial charge in [0.1, 0.15) is 0 Å².